The third kappa shape index (κ3) is 4.63. The highest BCUT2D eigenvalue weighted by atomic mass is 19.1. The monoisotopic (exact) mass is 367 g/mol. The Morgan fingerprint density at radius 3 is 2.59 bits per heavy atom. The first-order valence-corrected chi connectivity index (χ1v) is 7.93. The number of pyridine rings is 1. The summed E-state index contributed by atoms with van der Waals surface area (Å²) < 4.78 is 18.4. The number of hydrogen-bond acceptors (Lipinski definition) is 5. The van der Waals surface area contributed by atoms with Crippen molar-refractivity contribution in [3.63, 3.8) is 0 Å². The number of nitrogens with zero attached hydrogens (tertiary/aromatic N) is 2. The lowest BCUT2D eigenvalue weighted by Gasteiger charge is -2.08. The number of nitrogens with one attached hydrogen (secondary N) is 1. The van der Waals surface area contributed by atoms with E-state index in [0.717, 1.165) is 6.07 Å². The van der Waals surface area contributed by atoms with Gasteiger partial charge in [-0.2, -0.15) is 0 Å². The number of rotatable bonds is 6. The minimum atomic E-state index is -0.644. The van der Waals surface area contributed by atoms with E-state index in [-0.39, 0.29) is 29.3 Å². The van der Waals surface area contributed by atoms with E-state index in [1.807, 2.05) is 0 Å². The predicted molar refractivity (Wildman–Crippen MR) is 95.0 cm³/mol. The molecule has 0 radical (unpaired) electrons. The lowest BCUT2D eigenvalue weighted by atomic mass is 10.1. The quantitative estimate of drug-likeness (QED) is 0.527. The van der Waals surface area contributed by atoms with Crippen LogP contribution in [0.2, 0.25) is 0 Å². The molecule has 2 aromatic carbocycles. The van der Waals surface area contributed by atoms with Gasteiger partial charge in [-0.1, -0.05) is 6.07 Å². The Hall–Kier alpha value is -3.81. The predicted octanol–water partition coefficient (Wildman–Crippen LogP) is 3.85. The second-order valence-electron chi connectivity index (χ2n) is 5.50. The van der Waals surface area contributed by atoms with Crippen LogP contribution in [0.15, 0.2) is 66.9 Å². The second kappa shape index (κ2) is 8.05. The summed E-state index contributed by atoms with van der Waals surface area (Å²) in [5.74, 6) is -0.728. The van der Waals surface area contributed by atoms with Crippen molar-refractivity contribution in [2.75, 3.05) is 0 Å². The summed E-state index contributed by atoms with van der Waals surface area (Å²) in [6.45, 7) is 0.196. The SMILES string of the molecule is O=C(NCc1ccccn1)c1ccc(Oc2ccc(F)cc2)c([N+](=O)[O-])c1. The Bertz CT molecular complexity index is 962. The first-order chi connectivity index (χ1) is 13.0. The van der Waals surface area contributed by atoms with Gasteiger partial charge >= 0.3 is 5.69 Å². The van der Waals surface area contributed by atoms with Crippen molar-refractivity contribution in [3.8, 4) is 11.5 Å². The first kappa shape index (κ1) is 18.0. The Kier molecular flexibility index (Phi) is 5.36. The van der Waals surface area contributed by atoms with Crippen molar-refractivity contribution in [1.29, 1.82) is 0 Å². The largest absolute Gasteiger partial charge is 0.450 e. The van der Waals surface area contributed by atoms with Crippen molar-refractivity contribution in [3.05, 3.63) is 94.0 Å². The number of halogens is 1. The fourth-order valence-electron chi connectivity index (χ4n) is 2.29. The van der Waals surface area contributed by atoms with Crippen LogP contribution >= 0.6 is 0 Å². The number of aromatic nitrogens is 1. The Morgan fingerprint density at radius 1 is 1.15 bits per heavy atom. The molecule has 0 spiro atoms. The van der Waals surface area contributed by atoms with Crippen LogP contribution in [0.25, 0.3) is 0 Å². The van der Waals surface area contributed by atoms with Gasteiger partial charge in [0.25, 0.3) is 5.91 Å². The van der Waals surface area contributed by atoms with Crippen LogP contribution in [0, 0.1) is 15.9 Å². The highest BCUT2D eigenvalue weighted by molar-refractivity contribution is 5.95. The van der Waals surface area contributed by atoms with Crippen molar-refractivity contribution in [2.24, 2.45) is 0 Å². The van der Waals surface area contributed by atoms with Crippen LogP contribution in [-0.4, -0.2) is 15.8 Å². The Balaban J connectivity index is 1.77. The van der Waals surface area contributed by atoms with Gasteiger partial charge in [0.1, 0.15) is 11.6 Å². The molecule has 0 atom stereocenters. The second-order valence-corrected chi connectivity index (χ2v) is 5.50. The Labute approximate surface area is 153 Å². The van der Waals surface area contributed by atoms with Crippen LogP contribution in [0.1, 0.15) is 16.1 Å². The molecule has 27 heavy (non-hydrogen) atoms. The average Bonchev–Trinajstić information content (AvgIpc) is 2.69. The van der Waals surface area contributed by atoms with Crippen molar-refractivity contribution in [1.82, 2.24) is 10.3 Å². The maximum absolute atomic E-state index is 13.0. The minimum Gasteiger partial charge on any atom is -0.450 e. The fraction of sp³-hybridized carbons (Fsp3) is 0.0526. The molecule has 0 bridgehead atoms. The van der Waals surface area contributed by atoms with Gasteiger partial charge in [-0.05, 0) is 48.5 Å². The molecule has 1 amide bonds. The highest BCUT2D eigenvalue weighted by Gasteiger charge is 2.19. The van der Waals surface area contributed by atoms with Crippen molar-refractivity contribution < 1.29 is 18.8 Å². The average molecular weight is 367 g/mol. The van der Waals surface area contributed by atoms with E-state index in [9.17, 15) is 19.3 Å². The van der Waals surface area contributed by atoms with E-state index < -0.39 is 16.6 Å². The van der Waals surface area contributed by atoms with E-state index >= 15 is 0 Å². The van der Waals surface area contributed by atoms with Crippen LogP contribution in [-0.2, 0) is 6.54 Å². The van der Waals surface area contributed by atoms with Gasteiger partial charge in [0.15, 0.2) is 0 Å². The molecular formula is C19H14FN3O4. The number of carbonyl (C=O) groups is 1. The molecule has 3 rings (SSSR count). The van der Waals surface area contributed by atoms with Crippen LogP contribution in [0.5, 0.6) is 11.5 Å². The first-order valence-electron chi connectivity index (χ1n) is 7.93. The zero-order valence-corrected chi connectivity index (χ0v) is 14.0. The lowest BCUT2D eigenvalue weighted by Crippen LogP contribution is -2.23. The molecule has 136 valence electrons. The molecule has 0 fully saturated rings. The zero-order valence-electron chi connectivity index (χ0n) is 14.0. The molecule has 0 aliphatic carbocycles. The molecule has 8 heteroatoms. The van der Waals surface area contributed by atoms with Gasteiger partial charge in [-0.3, -0.25) is 19.9 Å². The minimum absolute atomic E-state index is 0.0483. The summed E-state index contributed by atoms with van der Waals surface area (Å²) in [5, 5.41) is 14.0. The summed E-state index contributed by atoms with van der Waals surface area (Å²) in [5.41, 5.74) is 0.408. The number of amides is 1. The summed E-state index contributed by atoms with van der Waals surface area (Å²) in [6, 6.07) is 14.3. The number of carbonyl (C=O) groups excluding carboxylic acids is 1. The standard InChI is InChI=1S/C19H14FN3O4/c20-14-5-7-16(8-6-14)27-18-9-4-13(11-17(18)23(25)26)19(24)22-12-15-3-1-2-10-21-15/h1-11H,12H2,(H,22,24). The maximum Gasteiger partial charge on any atom is 0.312 e. The highest BCUT2D eigenvalue weighted by Crippen LogP contribution is 2.32. The molecule has 0 saturated heterocycles. The molecule has 0 saturated carbocycles. The van der Waals surface area contributed by atoms with Gasteiger partial charge in [0.2, 0.25) is 5.75 Å². The molecule has 3 aromatic rings. The lowest BCUT2D eigenvalue weighted by molar-refractivity contribution is -0.385. The number of nitro benzene ring substituents is 1. The van der Waals surface area contributed by atoms with E-state index in [2.05, 4.69) is 10.3 Å². The molecule has 1 aromatic heterocycles. The molecular weight excluding hydrogens is 353 g/mol. The molecule has 0 aliphatic heterocycles. The maximum atomic E-state index is 13.0. The van der Waals surface area contributed by atoms with E-state index in [0.29, 0.717) is 5.69 Å². The number of nitro groups is 1. The van der Waals surface area contributed by atoms with Gasteiger partial charge in [-0.25, -0.2) is 4.39 Å². The summed E-state index contributed by atoms with van der Waals surface area (Å²) >= 11 is 0. The number of benzene rings is 2. The van der Waals surface area contributed by atoms with E-state index in [1.54, 1.807) is 24.4 Å². The van der Waals surface area contributed by atoms with Gasteiger partial charge < -0.3 is 10.1 Å². The number of ether oxygens (including phenoxy) is 1. The third-order valence-corrected chi connectivity index (χ3v) is 3.62. The zero-order chi connectivity index (χ0) is 19.2. The number of hydrogen-bond donors (Lipinski definition) is 1. The van der Waals surface area contributed by atoms with E-state index in [4.69, 9.17) is 4.74 Å². The smallest absolute Gasteiger partial charge is 0.312 e. The van der Waals surface area contributed by atoms with E-state index in [1.165, 1.54) is 36.4 Å². The summed E-state index contributed by atoms with van der Waals surface area (Å²) in [6.07, 6.45) is 1.61. The summed E-state index contributed by atoms with van der Waals surface area (Å²) in [4.78, 5) is 27.0. The Morgan fingerprint density at radius 2 is 1.93 bits per heavy atom. The third-order valence-electron chi connectivity index (χ3n) is 3.62. The van der Waals surface area contributed by atoms with Crippen molar-refractivity contribution in [2.45, 2.75) is 6.54 Å². The van der Waals surface area contributed by atoms with Crippen LogP contribution in [0.3, 0.4) is 0 Å². The molecule has 0 unspecified atom stereocenters. The van der Waals surface area contributed by atoms with Gasteiger partial charge in [0, 0.05) is 17.8 Å². The van der Waals surface area contributed by atoms with Crippen LogP contribution in [0.4, 0.5) is 10.1 Å². The topological polar surface area (TPSA) is 94.4 Å². The van der Waals surface area contributed by atoms with Gasteiger partial charge in [0.05, 0.1) is 17.2 Å². The normalized spacial score (nSPS) is 10.3. The van der Waals surface area contributed by atoms with Crippen LogP contribution < -0.4 is 10.1 Å². The molecule has 7 nitrogen and oxygen atoms in total. The summed E-state index contributed by atoms with van der Waals surface area (Å²) in [7, 11) is 0. The van der Waals surface area contributed by atoms with Gasteiger partial charge in [-0.15, -0.1) is 0 Å². The van der Waals surface area contributed by atoms with Crippen molar-refractivity contribution >= 4 is 11.6 Å². The molecule has 1 heterocycles. The molecule has 0 aliphatic rings. The fourth-order valence-corrected chi connectivity index (χ4v) is 2.29. The molecule has 1 N–H and O–H groups in total.